The molecule has 2 aromatic rings. The summed E-state index contributed by atoms with van der Waals surface area (Å²) in [5.74, 6) is 0.0185. The molecule has 0 atom stereocenters. The average molecular weight is 282 g/mol. The lowest BCUT2D eigenvalue weighted by Gasteiger charge is -2.06. The van der Waals surface area contributed by atoms with Crippen molar-refractivity contribution in [3.05, 3.63) is 52.1 Å². The van der Waals surface area contributed by atoms with Crippen LogP contribution >= 0.6 is 23.2 Å². The summed E-state index contributed by atoms with van der Waals surface area (Å²) in [6, 6.07) is 9.57. The number of carbonyl (C=O) groups is 1. The molecular formula is C12H9Cl2N3O. The molecular weight excluding hydrogens is 273 g/mol. The van der Waals surface area contributed by atoms with Crippen LogP contribution in [0.4, 0.5) is 11.5 Å². The standard InChI is InChI=1S/C12H9Cl2N3O/c13-8-4-7(5-9(15)6-8)12(18)17-11-3-1-2-10(14)16-11/h1-6H,15H2,(H,16,17,18). The van der Waals surface area contributed by atoms with Crippen LogP contribution in [-0.2, 0) is 0 Å². The summed E-state index contributed by atoms with van der Waals surface area (Å²) < 4.78 is 0. The van der Waals surface area contributed by atoms with Crippen molar-refractivity contribution in [2.75, 3.05) is 11.1 Å². The Morgan fingerprint density at radius 1 is 1.22 bits per heavy atom. The first-order chi connectivity index (χ1) is 8.54. The first-order valence-electron chi connectivity index (χ1n) is 5.04. The summed E-state index contributed by atoms with van der Waals surface area (Å²) >= 11 is 11.5. The zero-order chi connectivity index (χ0) is 13.1. The van der Waals surface area contributed by atoms with Crippen molar-refractivity contribution < 1.29 is 4.79 Å². The second-order valence-corrected chi connectivity index (χ2v) is 4.40. The minimum Gasteiger partial charge on any atom is -0.399 e. The fourth-order valence-electron chi connectivity index (χ4n) is 1.41. The lowest BCUT2D eigenvalue weighted by atomic mass is 10.2. The Morgan fingerprint density at radius 3 is 2.67 bits per heavy atom. The van der Waals surface area contributed by atoms with Gasteiger partial charge in [0.1, 0.15) is 11.0 Å². The van der Waals surface area contributed by atoms with Gasteiger partial charge in [-0.05, 0) is 30.3 Å². The molecule has 0 saturated carbocycles. The van der Waals surface area contributed by atoms with Crippen LogP contribution in [-0.4, -0.2) is 10.9 Å². The molecule has 92 valence electrons. The van der Waals surface area contributed by atoms with E-state index in [0.29, 0.717) is 27.2 Å². The van der Waals surface area contributed by atoms with Gasteiger partial charge < -0.3 is 11.1 Å². The molecule has 0 saturated heterocycles. The number of nitrogens with zero attached hydrogens (tertiary/aromatic N) is 1. The minimum atomic E-state index is -0.348. The molecule has 1 aromatic heterocycles. The van der Waals surface area contributed by atoms with Crippen molar-refractivity contribution in [3.8, 4) is 0 Å². The van der Waals surface area contributed by atoms with Gasteiger partial charge in [0.15, 0.2) is 0 Å². The van der Waals surface area contributed by atoms with E-state index in [2.05, 4.69) is 10.3 Å². The average Bonchev–Trinajstić information content (AvgIpc) is 2.27. The molecule has 4 nitrogen and oxygen atoms in total. The third-order valence-corrected chi connectivity index (χ3v) is 2.57. The van der Waals surface area contributed by atoms with E-state index in [4.69, 9.17) is 28.9 Å². The highest BCUT2D eigenvalue weighted by Crippen LogP contribution is 2.18. The molecule has 0 aliphatic carbocycles. The summed E-state index contributed by atoms with van der Waals surface area (Å²) in [4.78, 5) is 15.9. The van der Waals surface area contributed by atoms with E-state index < -0.39 is 0 Å². The van der Waals surface area contributed by atoms with Crippen molar-refractivity contribution in [2.24, 2.45) is 0 Å². The van der Waals surface area contributed by atoms with Crippen molar-refractivity contribution in [3.63, 3.8) is 0 Å². The highest BCUT2D eigenvalue weighted by atomic mass is 35.5. The van der Waals surface area contributed by atoms with Gasteiger partial charge in [-0.25, -0.2) is 4.98 Å². The number of carbonyl (C=O) groups excluding carboxylic acids is 1. The van der Waals surface area contributed by atoms with Crippen molar-refractivity contribution in [2.45, 2.75) is 0 Å². The number of hydrogen-bond acceptors (Lipinski definition) is 3. The van der Waals surface area contributed by atoms with Gasteiger partial charge >= 0.3 is 0 Å². The van der Waals surface area contributed by atoms with Crippen LogP contribution in [0.2, 0.25) is 10.2 Å². The fourth-order valence-corrected chi connectivity index (χ4v) is 1.82. The predicted molar refractivity (Wildman–Crippen MR) is 73.1 cm³/mol. The molecule has 1 aromatic carbocycles. The highest BCUT2D eigenvalue weighted by molar-refractivity contribution is 6.31. The zero-order valence-corrected chi connectivity index (χ0v) is 10.7. The van der Waals surface area contributed by atoms with Gasteiger partial charge in [0, 0.05) is 16.3 Å². The van der Waals surface area contributed by atoms with Crippen molar-refractivity contribution in [1.29, 1.82) is 0 Å². The van der Waals surface area contributed by atoms with E-state index in [1.807, 2.05) is 0 Å². The molecule has 0 spiro atoms. The first kappa shape index (κ1) is 12.7. The Balaban J connectivity index is 2.22. The number of pyridine rings is 1. The molecule has 2 rings (SSSR count). The molecule has 0 bridgehead atoms. The number of aromatic nitrogens is 1. The van der Waals surface area contributed by atoms with Crippen LogP contribution in [0.3, 0.4) is 0 Å². The maximum absolute atomic E-state index is 11.9. The number of halogens is 2. The SMILES string of the molecule is Nc1cc(Cl)cc(C(=O)Nc2cccc(Cl)n2)c1. The molecule has 0 radical (unpaired) electrons. The molecule has 0 aliphatic heterocycles. The van der Waals surface area contributed by atoms with E-state index in [9.17, 15) is 4.79 Å². The van der Waals surface area contributed by atoms with Crippen LogP contribution in [0.1, 0.15) is 10.4 Å². The summed E-state index contributed by atoms with van der Waals surface area (Å²) in [7, 11) is 0. The third kappa shape index (κ3) is 3.12. The predicted octanol–water partition coefficient (Wildman–Crippen LogP) is 3.22. The number of nitrogen functional groups attached to an aromatic ring is 1. The Morgan fingerprint density at radius 2 is 2.00 bits per heavy atom. The molecule has 1 heterocycles. The molecule has 1 amide bonds. The van der Waals surface area contributed by atoms with Crippen LogP contribution in [0, 0.1) is 0 Å². The topological polar surface area (TPSA) is 68.0 Å². The lowest BCUT2D eigenvalue weighted by Crippen LogP contribution is -2.13. The van der Waals surface area contributed by atoms with E-state index >= 15 is 0 Å². The van der Waals surface area contributed by atoms with Gasteiger partial charge in [-0.3, -0.25) is 4.79 Å². The largest absolute Gasteiger partial charge is 0.399 e. The second kappa shape index (κ2) is 5.25. The smallest absolute Gasteiger partial charge is 0.256 e. The first-order valence-corrected chi connectivity index (χ1v) is 5.80. The van der Waals surface area contributed by atoms with Crippen LogP contribution < -0.4 is 11.1 Å². The Labute approximate surface area is 114 Å². The van der Waals surface area contributed by atoms with Gasteiger partial charge in [0.05, 0.1) is 0 Å². The van der Waals surface area contributed by atoms with Gasteiger partial charge in [0.25, 0.3) is 5.91 Å². The Kier molecular flexibility index (Phi) is 3.69. The molecule has 0 aliphatic rings. The fraction of sp³-hybridized carbons (Fsp3) is 0. The maximum Gasteiger partial charge on any atom is 0.256 e. The quantitative estimate of drug-likeness (QED) is 0.656. The maximum atomic E-state index is 11.9. The van der Waals surface area contributed by atoms with Gasteiger partial charge in [0.2, 0.25) is 0 Å². The zero-order valence-electron chi connectivity index (χ0n) is 9.15. The summed E-state index contributed by atoms with van der Waals surface area (Å²) in [6.45, 7) is 0. The van der Waals surface area contributed by atoms with Crippen molar-refractivity contribution in [1.82, 2.24) is 4.98 Å². The molecule has 6 heteroatoms. The lowest BCUT2D eigenvalue weighted by molar-refractivity contribution is 0.102. The Bertz CT molecular complexity index is 581. The van der Waals surface area contributed by atoms with Crippen LogP contribution in [0.5, 0.6) is 0 Å². The molecule has 0 unspecified atom stereocenters. The van der Waals surface area contributed by atoms with Gasteiger partial charge in [-0.15, -0.1) is 0 Å². The monoisotopic (exact) mass is 281 g/mol. The number of rotatable bonds is 2. The number of amides is 1. The summed E-state index contributed by atoms with van der Waals surface area (Å²) in [5.41, 5.74) is 6.40. The molecule has 18 heavy (non-hydrogen) atoms. The number of benzene rings is 1. The minimum absolute atomic E-state index is 0.304. The van der Waals surface area contributed by atoms with E-state index in [-0.39, 0.29) is 5.91 Å². The normalized spacial score (nSPS) is 10.1. The number of anilines is 2. The molecule has 0 fully saturated rings. The van der Waals surface area contributed by atoms with Crippen molar-refractivity contribution >= 4 is 40.6 Å². The number of nitrogens with one attached hydrogen (secondary N) is 1. The number of hydrogen-bond donors (Lipinski definition) is 2. The Hall–Kier alpha value is -1.78. The van der Waals surface area contributed by atoms with Gasteiger partial charge in [-0.1, -0.05) is 29.3 Å². The van der Waals surface area contributed by atoms with Gasteiger partial charge in [-0.2, -0.15) is 0 Å². The highest BCUT2D eigenvalue weighted by Gasteiger charge is 2.08. The van der Waals surface area contributed by atoms with E-state index in [1.54, 1.807) is 24.3 Å². The van der Waals surface area contributed by atoms with E-state index in [1.165, 1.54) is 12.1 Å². The summed E-state index contributed by atoms with van der Waals surface area (Å²) in [5, 5.41) is 3.31. The molecule has 3 N–H and O–H groups in total. The van der Waals surface area contributed by atoms with Crippen LogP contribution in [0.15, 0.2) is 36.4 Å². The van der Waals surface area contributed by atoms with E-state index in [0.717, 1.165) is 0 Å². The number of nitrogens with two attached hydrogens (primary N) is 1. The third-order valence-electron chi connectivity index (χ3n) is 2.14. The second-order valence-electron chi connectivity index (χ2n) is 3.57. The summed E-state index contributed by atoms with van der Waals surface area (Å²) in [6.07, 6.45) is 0. The van der Waals surface area contributed by atoms with Crippen LogP contribution in [0.25, 0.3) is 0 Å².